The van der Waals surface area contributed by atoms with E-state index in [-0.39, 0.29) is 12.8 Å². The van der Waals surface area contributed by atoms with Gasteiger partial charge in [0, 0.05) is 12.8 Å². The smallest absolute Gasteiger partial charge is 0.462 e. The second-order valence-corrected chi connectivity index (χ2v) is 17.0. The molecule has 13 nitrogen and oxygen atoms in total. The van der Waals surface area contributed by atoms with Crippen LogP contribution in [0, 0.1) is 0 Å². The van der Waals surface area contributed by atoms with Gasteiger partial charge in [0.05, 0.1) is 6.61 Å². The predicted molar refractivity (Wildman–Crippen MR) is 221 cm³/mol. The molecular formula is C43H79O13P. The Balaban J connectivity index is 2.44. The molecule has 334 valence electrons. The molecule has 0 saturated heterocycles. The third-order valence-corrected chi connectivity index (χ3v) is 11.3. The van der Waals surface area contributed by atoms with Crippen LogP contribution in [-0.2, 0) is 32.7 Å². The normalized spacial score (nSPS) is 22.9. The van der Waals surface area contributed by atoms with E-state index in [2.05, 4.69) is 38.2 Å². The van der Waals surface area contributed by atoms with Gasteiger partial charge in [-0.25, -0.2) is 4.57 Å². The minimum Gasteiger partial charge on any atom is -0.462 e. The fourth-order valence-corrected chi connectivity index (χ4v) is 7.64. The van der Waals surface area contributed by atoms with Gasteiger partial charge < -0.3 is 39.9 Å². The van der Waals surface area contributed by atoms with Crippen molar-refractivity contribution < 1.29 is 63.1 Å². The van der Waals surface area contributed by atoms with Gasteiger partial charge in [-0.05, 0) is 44.9 Å². The van der Waals surface area contributed by atoms with E-state index < -0.39 is 75.7 Å². The van der Waals surface area contributed by atoms with Gasteiger partial charge in [-0.1, -0.05) is 147 Å². The van der Waals surface area contributed by atoms with Crippen LogP contribution in [0.25, 0.3) is 0 Å². The number of aliphatic hydroxyl groups is 5. The summed E-state index contributed by atoms with van der Waals surface area (Å²) >= 11 is 0. The van der Waals surface area contributed by atoms with Crippen molar-refractivity contribution in [1.29, 1.82) is 0 Å². The minimum absolute atomic E-state index is 0.0942. The zero-order valence-corrected chi connectivity index (χ0v) is 36.0. The van der Waals surface area contributed by atoms with E-state index in [0.29, 0.717) is 12.8 Å². The number of phosphoric ester groups is 1. The summed E-state index contributed by atoms with van der Waals surface area (Å²) in [6, 6.07) is 0. The van der Waals surface area contributed by atoms with Crippen LogP contribution < -0.4 is 0 Å². The van der Waals surface area contributed by atoms with Crippen LogP contribution in [0.2, 0.25) is 0 Å². The molecule has 57 heavy (non-hydrogen) atoms. The Morgan fingerprint density at radius 3 is 1.46 bits per heavy atom. The molecule has 0 amide bonds. The van der Waals surface area contributed by atoms with E-state index in [1.807, 2.05) is 0 Å². The molecule has 0 heterocycles. The lowest BCUT2D eigenvalue weighted by molar-refractivity contribution is -0.220. The average Bonchev–Trinajstić information content (AvgIpc) is 3.19. The number of aliphatic hydroxyl groups excluding tert-OH is 5. The maximum atomic E-state index is 12.8. The van der Waals surface area contributed by atoms with Gasteiger partial charge in [0.15, 0.2) is 6.10 Å². The van der Waals surface area contributed by atoms with Gasteiger partial charge in [0.2, 0.25) is 0 Å². The first-order valence-electron chi connectivity index (χ1n) is 22.1. The Labute approximate surface area is 343 Å². The van der Waals surface area contributed by atoms with E-state index in [1.54, 1.807) is 0 Å². The van der Waals surface area contributed by atoms with Crippen LogP contribution in [0.3, 0.4) is 0 Å². The zero-order valence-electron chi connectivity index (χ0n) is 35.1. The van der Waals surface area contributed by atoms with E-state index in [9.17, 15) is 44.6 Å². The molecule has 6 atom stereocenters. The van der Waals surface area contributed by atoms with E-state index >= 15 is 0 Å². The van der Waals surface area contributed by atoms with Crippen molar-refractivity contribution in [3.05, 3.63) is 24.3 Å². The monoisotopic (exact) mass is 835 g/mol. The van der Waals surface area contributed by atoms with Crippen molar-refractivity contribution in [3.63, 3.8) is 0 Å². The minimum atomic E-state index is -5.11. The van der Waals surface area contributed by atoms with E-state index in [1.165, 1.54) is 83.5 Å². The van der Waals surface area contributed by atoms with Crippen LogP contribution in [0.1, 0.15) is 181 Å². The van der Waals surface area contributed by atoms with Crippen LogP contribution in [0.4, 0.5) is 0 Å². The number of rotatable bonds is 36. The molecule has 1 rings (SSSR count). The maximum Gasteiger partial charge on any atom is 0.472 e. The van der Waals surface area contributed by atoms with Crippen LogP contribution in [0.5, 0.6) is 0 Å². The van der Waals surface area contributed by atoms with Gasteiger partial charge in [-0.15, -0.1) is 0 Å². The highest BCUT2D eigenvalue weighted by molar-refractivity contribution is 7.47. The summed E-state index contributed by atoms with van der Waals surface area (Å²) in [5.41, 5.74) is 0. The number of phosphoric acid groups is 1. The number of hydrogen-bond donors (Lipinski definition) is 6. The number of carbonyl (C=O) groups is 2. The lowest BCUT2D eigenvalue weighted by Crippen LogP contribution is -2.64. The van der Waals surface area contributed by atoms with Crippen molar-refractivity contribution in [2.45, 2.75) is 224 Å². The summed E-state index contributed by atoms with van der Waals surface area (Å²) in [6.07, 6.45) is 22.5. The molecule has 6 unspecified atom stereocenters. The van der Waals surface area contributed by atoms with Gasteiger partial charge in [0.25, 0.3) is 0 Å². The Morgan fingerprint density at radius 1 is 0.544 bits per heavy atom. The molecule has 1 saturated carbocycles. The molecule has 0 aromatic carbocycles. The quantitative estimate of drug-likeness (QED) is 0.0153. The van der Waals surface area contributed by atoms with Crippen molar-refractivity contribution in [1.82, 2.24) is 0 Å². The van der Waals surface area contributed by atoms with Gasteiger partial charge in [0.1, 0.15) is 43.2 Å². The highest BCUT2D eigenvalue weighted by Crippen LogP contribution is 2.47. The number of carbonyl (C=O) groups excluding carboxylic acids is 2. The van der Waals surface area contributed by atoms with Gasteiger partial charge in [-0.3, -0.25) is 18.6 Å². The Bertz CT molecular complexity index is 1100. The first-order chi connectivity index (χ1) is 27.4. The summed E-state index contributed by atoms with van der Waals surface area (Å²) in [5, 5.41) is 50.0. The molecule has 0 radical (unpaired) electrons. The largest absolute Gasteiger partial charge is 0.472 e. The van der Waals surface area contributed by atoms with Crippen LogP contribution in [-0.4, -0.2) is 98.3 Å². The number of hydrogen-bond acceptors (Lipinski definition) is 12. The van der Waals surface area contributed by atoms with Crippen LogP contribution in [0.15, 0.2) is 24.3 Å². The molecule has 1 aliphatic carbocycles. The molecule has 1 fully saturated rings. The van der Waals surface area contributed by atoms with Crippen LogP contribution >= 0.6 is 7.82 Å². The Hall–Kier alpha value is -1.67. The zero-order chi connectivity index (χ0) is 42.2. The number of unbranched alkanes of at least 4 members (excludes halogenated alkanes) is 20. The highest BCUT2D eigenvalue weighted by Gasteiger charge is 2.51. The van der Waals surface area contributed by atoms with E-state index in [4.69, 9.17) is 18.5 Å². The molecule has 14 heteroatoms. The molecule has 0 spiro atoms. The first kappa shape index (κ1) is 53.3. The Kier molecular flexibility index (Phi) is 31.9. The highest BCUT2D eigenvalue weighted by atomic mass is 31.2. The third kappa shape index (κ3) is 26.9. The summed E-state index contributed by atoms with van der Waals surface area (Å²) in [4.78, 5) is 35.5. The second kappa shape index (κ2) is 34.1. The molecule has 0 aromatic heterocycles. The molecule has 0 aromatic rings. The van der Waals surface area contributed by atoms with Crippen molar-refractivity contribution in [3.8, 4) is 0 Å². The number of allylic oxidation sites excluding steroid dienone is 4. The maximum absolute atomic E-state index is 12.8. The molecule has 6 N–H and O–H groups in total. The second-order valence-electron chi connectivity index (χ2n) is 15.6. The van der Waals surface area contributed by atoms with Crippen molar-refractivity contribution in [2.75, 3.05) is 13.2 Å². The van der Waals surface area contributed by atoms with Crippen molar-refractivity contribution >= 4 is 19.8 Å². The Morgan fingerprint density at radius 2 is 0.947 bits per heavy atom. The SMILES string of the molecule is CCCCC/C=C\C/C=C\CCCCCCCCCCCC(=O)OC(COC(=O)CCCCCCCCCCC)COP(=O)(O)OC1C(O)C(O)C(O)C(O)C1O. The van der Waals surface area contributed by atoms with Gasteiger partial charge >= 0.3 is 19.8 Å². The van der Waals surface area contributed by atoms with Crippen molar-refractivity contribution in [2.24, 2.45) is 0 Å². The first-order valence-corrected chi connectivity index (χ1v) is 23.6. The average molecular weight is 835 g/mol. The number of ether oxygens (including phenoxy) is 2. The fourth-order valence-electron chi connectivity index (χ4n) is 6.67. The molecule has 0 bridgehead atoms. The fraction of sp³-hybridized carbons (Fsp3) is 0.860. The molecule has 0 aliphatic heterocycles. The summed E-state index contributed by atoms with van der Waals surface area (Å²) in [6.45, 7) is 3.24. The summed E-state index contributed by atoms with van der Waals surface area (Å²) < 4.78 is 33.4. The lowest BCUT2D eigenvalue weighted by Gasteiger charge is -2.41. The van der Waals surface area contributed by atoms with E-state index in [0.717, 1.165) is 57.8 Å². The topological polar surface area (TPSA) is 210 Å². The molecule has 1 aliphatic rings. The van der Waals surface area contributed by atoms with Gasteiger partial charge in [-0.2, -0.15) is 0 Å². The lowest BCUT2D eigenvalue weighted by atomic mass is 9.85. The number of esters is 2. The summed E-state index contributed by atoms with van der Waals surface area (Å²) in [5.74, 6) is -1.10. The molecular weight excluding hydrogens is 755 g/mol. The summed E-state index contributed by atoms with van der Waals surface area (Å²) in [7, 11) is -5.11. The standard InChI is InChI=1S/C43H79O13P/c1-3-5-7-9-11-13-14-15-16-17-18-19-20-21-22-24-26-28-30-32-37(45)55-35(33-53-36(44)31-29-27-25-23-12-10-8-6-4-2)34-54-57(51,52)56-43-41(49)39(47)38(46)40(48)42(43)50/h11,13,15-16,35,38-43,46-50H,3-10,12,14,17-34H2,1-2H3,(H,51,52)/b13-11-,16-15-. The predicted octanol–water partition coefficient (Wildman–Crippen LogP) is 8.06. The third-order valence-electron chi connectivity index (χ3n) is 10.3.